The molecule has 0 aliphatic carbocycles. The van der Waals surface area contributed by atoms with Crippen LogP contribution in [-0.2, 0) is 16.9 Å². The Hall–Kier alpha value is -2.38. The quantitative estimate of drug-likeness (QED) is 0.647. The number of rotatable bonds is 3. The summed E-state index contributed by atoms with van der Waals surface area (Å²) in [4.78, 5) is 14.4. The Morgan fingerprint density at radius 3 is 2.50 bits per heavy atom. The van der Waals surface area contributed by atoms with E-state index in [1.54, 1.807) is 23.7 Å². The third-order valence-corrected chi connectivity index (χ3v) is 7.05. The topological polar surface area (TPSA) is 59.4 Å². The van der Waals surface area contributed by atoms with E-state index in [0.717, 1.165) is 32.0 Å². The van der Waals surface area contributed by atoms with Gasteiger partial charge in [-0.15, -0.1) is 0 Å². The number of pyridine rings is 1. The smallest absolute Gasteiger partial charge is 0.211 e. The molecular formula is C20H18ClFN2O3S. The van der Waals surface area contributed by atoms with Crippen LogP contribution in [0.25, 0.3) is 10.9 Å². The Morgan fingerprint density at radius 1 is 1.11 bits per heavy atom. The number of fused-ring (bicyclic) bond motifs is 1. The van der Waals surface area contributed by atoms with E-state index in [1.165, 1.54) is 24.4 Å². The summed E-state index contributed by atoms with van der Waals surface area (Å²) in [6, 6.07) is 8.48. The molecule has 0 spiro atoms. The summed E-state index contributed by atoms with van der Waals surface area (Å²) in [7, 11) is -2.45. The Labute approximate surface area is 166 Å². The molecule has 4 rings (SSSR count). The molecule has 1 fully saturated rings. The summed E-state index contributed by atoms with van der Waals surface area (Å²) < 4.78 is 42.3. The van der Waals surface area contributed by atoms with Crippen LogP contribution in [0.3, 0.4) is 0 Å². The van der Waals surface area contributed by atoms with Gasteiger partial charge < -0.3 is 9.47 Å². The second kappa shape index (κ2) is 6.90. The summed E-state index contributed by atoms with van der Waals surface area (Å²) in [6.07, 6.45) is 3.27. The van der Waals surface area contributed by atoms with Crippen molar-refractivity contribution in [1.82, 2.24) is 4.57 Å². The molecule has 0 N–H and O–H groups in total. The van der Waals surface area contributed by atoms with Gasteiger partial charge in [-0.3, -0.25) is 4.79 Å². The van der Waals surface area contributed by atoms with Gasteiger partial charge in [0.25, 0.3) is 0 Å². The van der Waals surface area contributed by atoms with Gasteiger partial charge >= 0.3 is 0 Å². The average Bonchev–Trinajstić information content (AvgIpc) is 3.18. The van der Waals surface area contributed by atoms with Gasteiger partial charge in [0.15, 0.2) is 0 Å². The summed E-state index contributed by atoms with van der Waals surface area (Å²) in [5.41, 5.74) is 0.198. The first-order valence-electron chi connectivity index (χ1n) is 8.87. The first kappa shape index (κ1) is 19.0. The lowest BCUT2D eigenvalue weighted by atomic mass is 10.1. The maximum atomic E-state index is 14.7. The second-order valence-corrected chi connectivity index (χ2v) is 9.26. The SMILES string of the molecule is Cn1cc(S(=O)(=O)c2cccc(Cl)c2)c(=O)c2cc(F)c(N3CCCC3)cc21. The normalized spacial score (nSPS) is 14.8. The lowest BCUT2D eigenvalue weighted by Gasteiger charge is -2.20. The van der Waals surface area contributed by atoms with Crippen LogP contribution in [0.15, 0.2) is 57.2 Å². The zero-order valence-corrected chi connectivity index (χ0v) is 16.7. The molecule has 146 valence electrons. The van der Waals surface area contributed by atoms with Gasteiger partial charge in [0.05, 0.1) is 21.5 Å². The fourth-order valence-corrected chi connectivity index (χ4v) is 5.31. The van der Waals surface area contributed by atoms with Gasteiger partial charge in [-0.05, 0) is 43.2 Å². The van der Waals surface area contributed by atoms with Crippen molar-refractivity contribution in [2.24, 2.45) is 7.05 Å². The van der Waals surface area contributed by atoms with E-state index >= 15 is 0 Å². The first-order chi connectivity index (χ1) is 13.3. The molecule has 0 amide bonds. The maximum absolute atomic E-state index is 14.7. The van der Waals surface area contributed by atoms with Crippen molar-refractivity contribution in [3.05, 3.63) is 63.7 Å². The number of sulfone groups is 1. The molecule has 0 atom stereocenters. The van der Waals surface area contributed by atoms with Crippen molar-refractivity contribution in [2.75, 3.05) is 18.0 Å². The van der Waals surface area contributed by atoms with Crippen molar-refractivity contribution >= 4 is 38.0 Å². The maximum Gasteiger partial charge on any atom is 0.211 e. The molecule has 2 heterocycles. The molecule has 1 aliphatic heterocycles. The number of aryl methyl sites for hydroxylation is 1. The standard InChI is InChI=1S/C20H18ClFN2O3S/c1-23-12-19(28(26,27)14-6-4-5-13(21)9-14)20(25)15-10-16(22)18(11-17(15)23)24-7-2-3-8-24/h4-6,9-12H,2-3,7-8H2,1H3. The van der Waals surface area contributed by atoms with E-state index < -0.39 is 26.0 Å². The van der Waals surface area contributed by atoms with Crippen LogP contribution < -0.4 is 10.3 Å². The largest absolute Gasteiger partial charge is 0.369 e. The minimum atomic E-state index is -4.10. The number of aromatic nitrogens is 1. The highest BCUT2D eigenvalue weighted by Gasteiger charge is 2.25. The van der Waals surface area contributed by atoms with Crippen LogP contribution >= 0.6 is 11.6 Å². The van der Waals surface area contributed by atoms with Gasteiger partial charge in [0.1, 0.15) is 10.7 Å². The minimum Gasteiger partial charge on any atom is -0.369 e. The summed E-state index contributed by atoms with van der Waals surface area (Å²) in [5, 5.41) is 0.283. The summed E-state index contributed by atoms with van der Waals surface area (Å²) in [6.45, 7) is 1.52. The molecule has 8 heteroatoms. The zero-order chi connectivity index (χ0) is 20.1. The predicted molar refractivity (Wildman–Crippen MR) is 107 cm³/mol. The Bertz CT molecular complexity index is 1250. The monoisotopic (exact) mass is 420 g/mol. The van der Waals surface area contributed by atoms with Crippen LogP contribution in [0, 0.1) is 5.82 Å². The molecule has 3 aromatic rings. The molecule has 1 aliphatic rings. The average molecular weight is 421 g/mol. The molecule has 1 saturated heterocycles. The van der Waals surface area contributed by atoms with Gasteiger partial charge in [0.2, 0.25) is 15.3 Å². The number of nitrogens with zero attached hydrogens (tertiary/aromatic N) is 2. The molecule has 0 unspecified atom stereocenters. The van der Waals surface area contributed by atoms with E-state index in [4.69, 9.17) is 11.6 Å². The third kappa shape index (κ3) is 3.08. The summed E-state index contributed by atoms with van der Waals surface area (Å²) >= 11 is 5.90. The van der Waals surface area contributed by atoms with Crippen molar-refractivity contribution in [1.29, 1.82) is 0 Å². The highest BCUT2D eigenvalue weighted by atomic mass is 35.5. The van der Waals surface area contributed by atoms with Crippen molar-refractivity contribution in [3.8, 4) is 0 Å². The van der Waals surface area contributed by atoms with E-state index in [1.807, 2.05) is 4.90 Å². The third-order valence-electron chi connectivity index (χ3n) is 5.07. The molecule has 28 heavy (non-hydrogen) atoms. The molecule has 0 bridgehead atoms. The fourth-order valence-electron chi connectivity index (χ4n) is 3.61. The van der Waals surface area contributed by atoms with Crippen molar-refractivity contribution in [3.63, 3.8) is 0 Å². The van der Waals surface area contributed by atoms with E-state index in [-0.39, 0.29) is 15.3 Å². The molecular weight excluding hydrogens is 403 g/mol. The lowest BCUT2D eigenvalue weighted by Crippen LogP contribution is -2.21. The van der Waals surface area contributed by atoms with Crippen molar-refractivity contribution < 1.29 is 12.8 Å². The van der Waals surface area contributed by atoms with Crippen LogP contribution in [0.1, 0.15) is 12.8 Å². The first-order valence-corrected chi connectivity index (χ1v) is 10.7. The fraction of sp³-hybridized carbons (Fsp3) is 0.250. The van der Waals surface area contributed by atoms with Crippen LogP contribution in [-0.4, -0.2) is 26.1 Å². The van der Waals surface area contributed by atoms with Gasteiger partial charge in [0, 0.05) is 31.4 Å². The Morgan fingerprint density at radius 2 is 1.82 bits per heavy atom. The Balaban J connectivity index is 1.94. The molecule has 1 aromatic heterocycles. The predicted octanol–water partition coefficient (Wildman–Crippen LogP) is 3.76. The summed E-state index contributed by atoms with van der Waals surface area (Å²) in [5.74, 6) is -0.524. The molecule has 0 radical (unpaired) electrons. The van der Waals surface area contributed by atoms with Crippen LogP contribution in [0.5, 0.6) is 0 Å². The minimum absolute atomic E-state index is 0.0334. The van der Waals surface area contributed by atoms with Crippen LogP contribution in [0.4, 0.5) is 10.1 Å². The van der Waals surface area contributed by atoms with Crippen molar-refractivity contribution in [2.45, 2.75) is 22.6 Å². The van der Waals surface area contributed by atoms with Gasteiger partial charge in [-0.2, -0.15) is 0 Å². The van der Waals surface area contributed by atoms with Gasteiger partial charge in [-0.1, -0.05) is 17.7 Å². The number of hydrogen-bond acceptors (Lipinski definition) is 4. The van der Waals surface area contributed by atoms with Crippen LogP contribution in [0.2, 0.25) is 5.02 Å². The Kier molecular flexibility index (Phi) is 4.67. The van der Waals surface area contributed by atoms with E-state index in [2.05, 4.69) is 0 Å². The highest BCUT2D eigenvalue weighted by molar-refractivity contribution is 7.91. The number of hydrogen-bond donors (Lipinski definition) is 0. The molecule has 0 saturated carbocycles. The number of benzene rings is 2. The number of halogens is 2. The number of anilines is 1. The molecule has 5 nitrogen and oxygen atoms in total. The lowest BCUT2D eigenvalue weighted by molar-refractivity contribution is 0.594. The zero-order valence-electron chi connectivity index (χ0n) is 15.2. The molecule has 2 aromatic carbocycles. The van der Waals surface area contributed by atoms with E-state index in [0.29, 0.717) is 11.2 Å². The highest BCUT2D eigenvalue weighted by Crippen LogP contribution is 2.29. The second-order valence-electron chi connectivity index (χ2n) is 6.91. The van der Waals surface area contributed by atoms with E-state index in [9.17, 15) is 17.6 Å². The van der Waals surface area contributed by atoms with Gasteiger partial charge in [-0.25, -0.2) is 12.8 Å².